The number of hydrogen-bond donors (Lipinski definition) is 3. The molecule has 40 heavy (non-hydrogen) atoms. The zero-order valence-corrected chi connectivity index (χ0v) is 23.6. The third kappa shape index (κ3) is 6.06. The van der Waals surface area contributed by atoms with Gasteiger partial charge in [-0.15, -0.1) is 11.3 Å². The van der Waals surface area contributed by atoms with Gasteiger partial charge in [-0.05, 0) is 40.0 Å². The molecule has 0 saturated heterocycles. The van der Waals surface area contributed by atoms with Crippen molar-refractivity contribution in [3.63, 3.8) is 0 Å². The van der Waals surface area contributed by atoms with Crippen LogP contribution >= 0.6 is 34.5 Å². The summed E-state index contributed by atoms with van der Waals surface area (Å²) in [6.07, 6.45) is -10.1. The molecule has 1 aliphatic rings. The lowest BCUT2D eigenvalue weighted by Crippen LogP contribution is -2.54. The van der Waals surface area contributed by atoms with Crippen molar-refractivity contribution in [3.8, 4) is 10.4 Å². The number of rotatable bonds is 8. The van der Waals surface area contributed by atoms with Crippen LogP contribution in [0.25, 0.3) is 10.4 Å². The first kappa shape index (κ1) is 32.4. The van der Waals surface area contributed by atoms with E-state index in [2.05, 4.69) is 10.3 Å². The Morgan fingerprint density at radius 2 is 1.65 bits per heavy atom. The normalized spacial score (nSPS) is 15.1. The molecule has 3 N–H and O–H groups in total. The van der Waals surface area contributed by atoms with Crippen LogP contribution in [0.2, 0.25) is 10.0 Å². The second kappa shape index (κ2) is 11.3. The molecule has 1 heterocycles. The fraction of sp³-hybridized carbons (Fsp3) is 0.542. The van der Waals surface area contributed by atoms with Gasteiger partial charge in [0.05, 0.1) is 20.5 Å². The quantitative estimate of drug-likeness (QED) is 0.311. The molecule has 16 heteroatoms. The number of benzene rings is 1. The first-order valence-corrected chi connectivity index (χ1v) is 13.5. The molecule has 7 nitrogen and oxygen atoms in total. The standard InChI is InChI=1S/C24H25Cl2F6N3O4S/c1-4-35(11-6-5-7-11)20(37)16-17(40-19(34-16)18(36)33-10-21(2,3)38)12-8-9-13(15(26)14(12)25)22(39,23(27,28)29)24(30,31)32/h8-9,11,38-39H,4-7,10H2,1-3H3,(H,33,36). The predicted octanol–water partition coefficient (Wildman–Crippen LogP) is 5.94. The Morgan fingerprint density at radius 1 is 1.07 bits per heavy atom. The van der Waals surface area contributed by atoms with E-state index in [9.17, 15) is 46.1 Å². The van der Waals surface area contributed by atoms with Crippen LogP contribution in [0.1, 0.15) is 65.9 Å². The van der Waals surface area contributed by atoms with Gasteiger partial charge < -0.3 is 20.4 Å². The van der Waals surface area contributed by atoms with Crippen LogP contribution in [0.15, 0.2) is 12.1 Å². The van der Waals surface area contributed by atoms with Crippen molar-refractivity contribution >= 4 is 46.4 Å². The number of halogens is 8. The molecular weight excluding hydrogens is 611 g/mol. The van der Waals surface area contributed by atoms with Crippen molar-refractivity contribution in [2.75, 3.05) is 13.1 Å². The van der Waals surface area contributed by atoms with Gasteiger partial charge in [0, 0.05) is 30.3 Å². The van der Waals surface area contributed by atoms with Gasteiger partial charge in [0.2, 0.25) is 0 Å². The molecule has 1 aliphatic carbocycles. The average molecular weight is 636 g/mol. The highest BCUT2D eigenvalue weighted by Gasteiger charge is 2.72. The lowest BCUT2D eigenvalue weighted by atomic mass is 9.90. The van der Waals surface area contributed by atoms with E-state index in [4.69, 9.17) is 23.2 Å². The summed E-state index contributed by atoms with van der Waals surface area (Å²) in [5.74, 6) is -1.42. The van der Waals surface area contributed by atoms with Crippen molar-refractivity contribution in [3.05, 3.63) is 38.4 Å². The summed E-state index contributed by atoms with van der Waals surface area (Å²) in [5.41, 5.74) is -8.96. The number of nitrogens with zero attached hydrogens (tertiary/aromatic N) is 2. The first-order chi connectivity index (χ1) is 18.2. The summed E-state index contributed by atoms with van der Waals surface area (Å²) in [4.78, 5) is 31.8. The molecule has 0 atom stereocenters. The number of hydrogen-bond acceptors (Lipinski definition) is 6. The van der Waals surface area contributed by atoms with Gasteiger partial charge in [-0.1, -0.05) is 35.3 Å². The second-order valence-corrected chi connectivity index (χ2v) is 11.6. The first-order valence-electron chi connectivity index (χ1n) is 11.9. The van der Waals surface area contributed by atoms with E-state index in [1.807, 2.05) is 0 Å². The maximum absolute atomic E-state index is 13.5. The van der Waals surface area contributed by atoms with Crippen LogP contribution in [0.4, 0.5) is 26.3 Å². The monoisotopic (exact) mass is 635 g/mol. The van der Waals surface area contributed by atoms with Gasteiger partial charge in [-0.3, -0.25) is 9.59 Å². The zero-order chi connectivity index (χ0) is 30.4. The molecular formula is C24H25Cl2F6N3O4S. The fourth-order valence-electron chi connectivity index (χ4n) is 3.99. The Morgan fingerprint density at radius 3 is 2.10 bits per heavy atom. The molecule has 3 rings (SSSR count). The van der Waals surface area contributed by atoms with Gasteiger partial charge in [-0.25, -0.2) is 4.98 Å². The molecule has 0 radical (unpaired) electrons. The van der Waals surface area contributed by atoms with E-state index in [1.54, 1.807) is 6.92 Å². The lowest BCUT2D eigenvalue weighted by Gasteiger charge is -2.36. The Kier molecular flexibility index (Phi) is 9.13. The summed E-state index contributed by atoms with van der Waals surface area (Å²) in [6.45, 7) is 4.65. The zero-order valence-electron chi connectivity index (χ0n) is 21.3. The Hall–Kier alpha value is -2.13. The molecule has 2 aromatic rings. The SMILES string of the molecule is CCN(C(=O)c1nc(C(=O)NCC(C)(C)O)sc1-c1ccc(C(O)(C(F)(F)F)C(F)(F)F)c(Cl)c1Cl)C1CCC1. The highest BCUT2D eigenvalue weighted by atomic mass is 35.5. The molecule has 1 aromatic heterocycles. The Bertz CT molecular complexity index is 1280. The third-order valence-corrected chi connectivity index (χ3v) is 8.33. The number of thiazole rings is 1. The van der Waals surface area contributed by atoms with Crippen LogP contribution in [0.3, 0.4) is 0 Å². The number of aliphatic hydroxyl groups is 2. The lowest BCUT2D eigenvalue weighted by molar-refractivity contribution is -0.376. The van der Waals surface area contributed by atoms with Gasteiger partial charge >= 0.3 is 12.4 Å². The molecule has 1 fully saturated rings. The highest BCUT2D eigenvalue weighted by Crippen LogP contribution is 2.54. The summed E-state index contributed by atoms with van der Waals surface area (Å²) >= 11 is 12.7. The minimum atomic E-state index is -6.21. The molecule has 1 saturated carbocycles. The van der Waals surface area contributed by atoms with Crippen molar-refractivity contribution < 1.29 is 46.1 Å². The van der Waals surface area contributed by atoms with E-state index in [0.717, 1.165) is 12.5 Å². The van der Waals surface area contributed by atoms with Crippen LogP contribution in [-0.4, -0.2) is 69.0 Å². The molecule has 0 bridgehead atoms. The van der Waals surface area contributed by atoms with E-state index in [1.165, 1.54) is 18.7 Å². The van der Waals surface area contributed by atoms with Gasteiger partial charge in [0.15, 0.2) is 5.01 Å². The number of carbonyl (C=O) groups is 2. The maximum atomic E-state index is 13.5. The third-order valence-electron chi connectivity index (χ3n) is 6.36. The minimum Gasteiger partial charge on any atom is -0.389 e. The van der Waals surface area contributed by atoms with Crippen LogP contribution < -0.4 is 5.32 Å². The second-order valence-electron chi connectivity index (χ2n) is 9.86. The van der Waals surface area contributed by atoms with Crippen molar-refractivity contribution in [1.82, 2.24) is 15.2 Å². The number of alkyl halides is 6. The van der Waals surface area contributed by atoms with Crippen LogP contribution in [-0.2, 0) is 5.60 Å². The molecule has 222 valence electrons. The summed E-state index contributed by atoms with van der Waals surface area (Å²) in [7, 11) is 0. The summed E-state index contributed by atoms with van der Waals surface area (Å²) in [5, 5.41) is 19.8. The molecule has 0 unspecified atom stereocenters. The minimum absolute atomic E-state index is 0.116. The average Bonchev–Trinajstić information content (AvgIpc) is 3.23. The smallest absolute Gasteiger partial charge is 0.389 e. The largest absolute Gasteiger partial charge is 0.430 e. The Balaban J connectivity index is 2.19. The van der Waals surface area contributed by atoms with E-state index in [0.29, 0.717) is 30.2 Å². The number of aromatic nitrogens is 1. The highest BCUT2D eigenvalue weighted by molar-refractivity contribution is 7.17. The van der Waals surface area contributed by atoms with Gasteiger partial charge in [-0.2, -0.15) is 26.3 Å². The topological polar surface area (TPSA) is 103 Å². The maximum Gasteiger partial charge on any atom is 0.430 e. The summed E-state index contributed by atoms with van der Waals surface area (Å²) in [6, 6.07) is 0.944. The van der Waals surface area contributed by atoms with Crippen molar-refractivity contribution in [2.45, 2.75) is 69.6 Å². The van der Waals surface area contributed by atoms with E-state index < -0.39 is 51.0 Å². The molecule has 0 aliphatic heterocycles. The van der Waals surface area contributed by atoms with Gasteiger partial charge in [0.1, 0.15) is 5.69 Å². The van der Waals surface area contributed by atoms with Gasteiger partial charge in [0.25, 0.3) is 17.4 Å². The fourth-order valence-corrected chi connectivity index (χ4v) is 5.61. The van der Waals surface area contributed by atoms with Crippen molar-refractivity contribution in [2.24, 2.45) is 0 Å². The van der Waals surface area contributed by atoms with E-state index >= 15 is 0 Å². The number of amides is 2. The number of nitrogens with one attached hydrogen (secondary N) is 1. The molecule has 1 aromatic carbocycles. The molecule has 0 spiro atoms. The molecule has 2 amide bonds. The number of carbonyl (C=O) groups excluding carboxylic acids is 2. The Labute approximate surface area is 239 Å². The van der Waals surface area contributed by atoms with Crippen molar-refractivity contribution in [1.29, 1.82) is 0 Å². The van der Waals surface area contributed by atoms with E-state index in [-0.39, 0.29) is 40.3 Å². The predicted molar refractivity (Wildman–Crippen MR) is 137 cm³/mol. The van der Waals surface area contributed by atoms with Crippen LogP contribution in [0, 0.1) is 0 Å². The van der Waals surface area contributed by atoms with Crippen LogP contribution in [0.5, 0.6) is 0 Å². The summed E-state index contributed by atoms with van der Waals surface area (Å²) < 4.78 is 80.9.